The summed E-state index contributed by atoms with van der Waals surface area (Å²) in [6.07, 6.45) is 0.0524. The van der Waals surface area contributed by atoms with E-state index in [4.69, 9.17) is 4.74 Å². The predicted octanol–water partition coefficient (Wildman–Crippen LogP) is 1.42. The number of aryl methyl sites for hydroxylation is 2. The van der Waals surface area contributed by atoms with E-state index in [1.165, 1.54) is 5.69 Å². The Morgan fingerprint density at radius 3 is 2.52 bits per heavy atom. The molecule has 1 amide bonds. The molecule has 7 heteroatoms. The topological polar surface area (TPSA) is 78.5 Å². The fraction of sp³-hybridized carbons (Fsp3) is 0.450. The summed E-state index contributed by atoms with van der Waals surface area (Å²) < 4.78 is 5.38. The third kappa shape index (κ3) is 4.74. The van der Waals surface area contributed by atoms with Crippen molar-refractivity contribution in [2.24, 2.45) is 0 Å². The number of benzene rings is 1. The maximum absolute atomic E-state index is 12.5. The van der Waals surface area contributed by atoms with E-state index in [1.807, 2.05) is 12.1 Å². The van der Waals surface area contributed by atoms with Gasteiger partial charge in [0.15, 0.2) is 0 Å². The lowest BCUT2D eigenvalue weighted by Crippen LogP contribution is -2.36. The minimum atomic E-state index is -0.239. The van der Waals surface area contributed by atoms with Crippen molar-refractivity contribution in [1.82, 2.24) is 14.9 Å². The van der Waals surface area contributed by atoms with Crippen LogP contribution in [0.15, 0.2) is 29.1 Å². The van der Waals surface area contributed by atoms with Gasteiger partial charge < -0.3 is 19.5 Å². The van der Waals surface area contributed by atoms with E-state index < -0.39 is 0 Å². The highest BCUT2D eigenvalue weighted by molar-refractivity contribution is 5.78. The lowest BCUT2D eigenvalue weighted by Gasteiger charge is -2.29. The van der Waals surface area contributed by atoms with Gasteiger partial charge in [0.2, 0.25) is 5.91 Å². The Bertz CT molecular complexity index is 855. The molecule has 1 aromatic carbocycles. The van der Waals surface area contributed by atoms with Crippen molar-refractivity contribution in [2.75, 3.05) is 38.3 Å². The Hall–Kier alpha value is -2.67. The van der Waals surface area contributed by atoms with E-state index in [9.17, 15) is 9.59 Å². The number of likely N-dealkylation sites (N-methyl/N-ethyl adjacent to an activating group) is 1. The van der Waals surface area contributed by atoms with Gasteiger partial charge in [0, 0.05) is 43.6 Å². The number of aromatic amines is 1. The highest BCUT2D eigenvalue weighted by Crippen LogP contribution is 2.17. The molecule has 1 aliphatic heterocycles. The summed E-state index contributed by atoms with van der Waals surface area (Å²) in [5.74, 6) is 0.453. The number of ether oxygens (including phenoxy) is 1. The average Bonchev–Trinajstić information content (AvgIpc) is 2.65. The molecule has 0 atom stereocenters. The molecule has 1 saturated heterocycles. The Kier molecular flexibility index (Phi) is 5.91. The molecule has 1 N–H and O–H groups in total. The van der Waals surface area contributed by atoms with Gasteiger partial charge in [-0.15, -0.1) is 0 Å². The number of amides is 1. The van der Waals surface area contributed by atoms with Gasteiger partial charge in [0.1, 0.15) is 5.82 Å². The van der Waals surface area contributed by atoms with Crippen molar-refractivity contribution in [2.45, 2.75) is 26.8 Å². The number of aromatic nitrogens is 2. The molecule has 27 heavy (non-hydrogen) atoms. The number of H-pyrrole nitrogens is 1. The number of hydrogen-bond acceptors (Lipinski definition) is 5. The average molecular weight is 370 g/mol. The highest BCUT2D eigenvalue weighted by atomic mass is 16.5. The summed E-state index contributed by atoms with van der Waals surface area (Å²) in [7, 11) is 1.75. The van der Waals surface area contributed by atoms with Gasteiger partial charge in [0.25, 0.3) is 5.56 Å². The summed E-state index contributed by atoms with van der Waals surface area (Å²) in [6.45, 7) is 7.30. The predicted molar refractivity (Wildman–Crippen MR) is 104 cm³/mol. The number of rotatable bonds is 5. The van der Waals surface area contributed by atoms with Gasteiger partial charge in [-0.25, -0.2) is 4.98 Å². The fourth-order valence-electron chi connectivity index (χ4n) is 3.24. The smallest absolute Gasteiger partial charge is 0.254 e. The molecule has 0 spiro atoms. The van der Waals surface area contributed by atoms with E-state index in [2.05, 4.69) is 27.0 Å². The van der Waals surface area contributed by atoms with E-state index in [1.54, 1.807) is 25.8 Å². The van der Waals surface area contributed by atoms with Gasteiger partial charge in [-0.05, 0) is 31.5 Å². The van der Waals surface area contributed by atoms with Crippen molar-refractivity contribution in [1.29, 1.82) is 0 Å². The van der Waals surface area contributed by atoms with Crippen LogP contribution in [0.2, 0.25) is 0 Å². The van der Waals surface area contributed by atoms with Gasteiger partial charge >= 0.3 is 0 Å². The molecular formula is C20H26N4O3. The minimum absolute atomic E-state index is 0.0524. The quantitative estimate of drug-likeness (QED) is 0.861. The first-order valence-corrected chi connectivity index (χ1v) is 9.16. The van der Waals surface area contributed by atoms with Crippen LogP contribution in [0.5, 0.6) is 0 Å². The van der Waals surface area contributed by atoms with Crippen LogP contribution in [-0.2, 0) is 22.5 Å². The molecule has 0 radical (unpaired) electrons. The van der Waals surface area contributed by atoms with Crippen LogP contribution < -0.4 is 10.5 Å². The van der Waals surface area contributed by atoms with Gasteiger partial charge in [-0.1, -0.05) is 12.1 Å². The molecule has 3 rings (SSSR count). The lowest BCUT2D eigenvalue weighted by atomic mass is 10.1. The van der Waals surface area contributed by atoms with Gasteiger partial charge in [0.05, 0.1) is 19.6 Å². The lowest BCUT2D eigenvalue weighted by molar-refractivity contribution is -0.129. The van der Waals surface area contributed by atoms with E-state index in [0.717, 1.165) is 31.9 Å². The molecule has 2 heterocycles. The second kappa shape index (κ2) is 8.35. The van der Waals surface area contributed by atoms with Gasteiger partial charge in [-0.2, -0.15) is 0 Å². The van der Waals surface area contributed by atoms with Crippen molar-refractivity contribution >= 4 is 11.6 Å². The normalized spacial score (nSPS) is 14.3. The number of carbonyl (C=O) groups is 1. The zero-order valence-electron chi connectivity index (χ0n) is 16.1. The molecule has 0 unspecified atom stereocenters. The zero-order chi connectivity index (χ0) is 19.4. The number of morpholine rings is 1. The number of carbonyl (C=O) groups excluding carboxylic acids is 1. The first kappa shape index (κ1) is 19.1. The SMILES string of the molecule is Cc1nc(C)c(CC(=O)N(C)Cc2ccc(N3CCOCC3)cc2)c(=O)[nH]1. The van der Waals surface area contributed by atoms with Crippen LogP contribution in [0.4, 0.5) is 5.69 Å². The Labute approximate surface area is 159 Å². The van der Waals surface area contributed by atoms with E-state index >= 15 is 0 Å². The zero-order valence-corrected chi connectivity index (χ0v) is 16.1. The molecule has 2 aromatic rings. The number of hydrogen-bond donors (Lipinski definition) is 1. The molecule has 144 valence electrons. The second-order valence-electron chi connectivity index (χ2n) is 6.91. The molecular weight excluding hydrogens is 344 g/mol. The Morgan fingerprint density at radius 1 is 1.22 bits per heavy atom. The maximum Gasteiger partial charge on any atom is 0.254 e. The number of nitrogens with zero attached hydrogens (tertiary/aromatic N) is 3. The number of nitrogens with one attached hydrogen (secondary N) is 1. The molecule has 1 aromatic heterocycles. The first-order chi connectivity index (χ1) is 12.9. The van der Waals surface area contributed by atoms with Crippen LogP contribution in [0.3, 0.4) is 0 Å². The third-order valence-corrected chi connectivity index (χ3v) is 4.83. The molecule has 0 aliphatic carbocycles. The summed E-state index contributed by atoms with van der Waals surface area (Å²) in [4.78, 5) is 35.5. The van der Waals surface area contributed by atoms with E-state index in [-0.39, 0.29) is 17.9 Å². The van der Waals surface area contributed by atoms with Crippen LogP contribution in [-0.4, -0.2) is 54.1 Å². The molecule has 0 bridgehead atoms. The maximum atomic E-state index is 12.5. The minimum Gasteiger partial charge on any atom is -0.378 e. The summed E-state index contributed by atoms with van der Waals surface area (Å²) >= 11 is 0. The third-order valence-electron chi connectivity index (χ3n) is 4.83. The van der Waals surface area contributed by atoms with Gasteiger partial charge in [-0.3, -0.25) is 9.59 Å². The first-order valence-electron chi connectivity index (χ1n) is 9.16. The van der Waals surface area contributed by atoms with Crippen molar-refractivity contribution < 1.29 is 9.53 Å². The molecule has 7 nitrogen and oxygen atoms in total. The molecule has 0 saturated carbocycles. The highest BCUT2D eigenvalue weighted by Gasteiger charge is 2.16. The summed E-state index contributed by atoms with van der Waals surface area (Å²) in [5.41, 5.74) is 3.02. The van der Waals surface area contributed by atoms with E-state index in [0.29, 0.717) is 23.6 Å². The Morgan fingerprint density at radius 2 is 1.89 bits per heavy atom. The Balaban J connectivity index is 1.62. The van der Waals surface area contributed by atoms with Crippen molar-refractivity contribution in [3.05, 3.63) is 57.3 Å². The molecule has 1 aliphatic rings. The van der Waals surface area contributed by atoms with Crippen molar-refractivity contribution in [3.8, 4) is 0 Å². The van der Waals surface area contributed by atoms with Crippen LogP contribution in [0, 0.1) is 13.8 Å². The fourth-order valence-corrected chi connectivity index (χ4v) is 3.24. The van der Waals surface area contributed by atoms with Crippen molar-refractivity contribution in [3.63, 3.8) is 0 Å². The summed E-state index contributed by atoms with van der Waals surface area (Å²) in [6, 6.07) is 8.25. The molecule has 1 fully saturated rings. The van der Waals surface area contributed by atoms with Crippen LogP contribution in [0.1, 0.15) is 22.6 Å². The van der Waals surface area contributed by atoms with Crippen LogP contribution in [0.25, 0.3) is 0 Å². The monoisotopic (exact) mass is 370 g/mol. The van der Waals surface area contributed by atoms with Crippen LogP contribution >= 0.6 is 0 Å². The standard InChI is InChI=1S/C20H26N4O3/c1-14-18(20(26)22-15(2)21-14)12-19(25)23(3)13-16-4-6-17(7-5-16)24-8-10-27-11-9-24/h4-7H,8-13H2,1-3H3,(H,21,22,26). The largest absolute Gasteiger partial charge is 0.378 e. The summed E-state index contributed by atoms with van der Waals surface area (Å²) in [5, 5.41) is 0. The second-order valence-corrected chi connectivity index (χ2v) is 6.91. The number of anilines is 1.